The zero-order chi connectivity index (χ0) is 18.9. The van der Waals surface area contributed by atoms with Crippen LogP contribution < -0.4 is 5.56 Å². The number of nitro groups is 1. The van der Waals surface area contributed by atoms with Crippen LogP contribution in [0, 0.1) is 17.0 Å². The first-order valence-electron chi connectivity index (χ1n) is 6.76. The molecule has 1 aromatic carbocycles. The smallest absolute Gasteiger partial charge is 0.306 e. The van der Waals surface area contributed by atoms with E-state index in [0.717, 1.165) is 6.07 Å². The van der Waals surface area contributed by atoms with E-state index in [1.807, 2.05) is 0 Å². The first-order valence-corrected chi connectivity index (χ1v) is 7.14. The van der Waals surface area contributed by atoms with Gasteiger partial charge in [-0.05, 0) is 13.0 Å². The van der Waals surface area contributed by atoms with Crippen LogP contribution in [0.5, 0.6) is 0 Å². The molecule has 0 saturated carbocycles. The molecule has 25 heavy (non-hydrogen) atoms. The third-order valence-electron chi connectivity index (χ3n) is 3.41. The molecular formula is C15H10ClF3N2O4. The molecule has 0 spiro atoms. The SMILES string of the molecule is Cc1ccc(C(=O)Cn2cc(C(F)(F)F)cc(Cl)c2=O)cc1[N+](=O)[O-]. The second kappa shape index (κ2) is 6.67. The summed E-state index contributed by atoms with van der Waals surface area (Å²) in [5.74, 6) is -0.763. The minimum Gasteiger partial charge on any atom is -0.306 e. The van der Waals surface area contributed by atoms with E-state index in [4.69, 9.17) is 11.6 Å². The first-order chi connectivity index (χ1) is 11.5. The van der Waals surface area contributed by atoms with Crippen molar-refractivity contribution in [2.75, 3.05) is 0 Å². The van der Waals surface area contributed by atoms with E-state index in [0.29, 0.717) is 22.4 Å². The average molecular weight is 375 g/mol. The second-order valence-electron chi connectivity index (χ2n) is 5.19. The van der Waals surface area contributed by atoms with Crippen LogP contribution in [0.1, 0.15) is 21.5 Å². The van der Waals surface area contributed by atoms with Gasteiger partial charge in [-0.25, -0.2) is 0 Å². The quantitative estimate of drug-likeness (QED) is 0.465. The molecule has 0 unspecified atom stereocenters. The fourth-order valence-electron chi connectivity index (χ4n) is 2.10. The average Bonchev–Trinajstić information content (AvgIpc) is 2.50. The van der Waals surface area contributed by atoms with Gasteiger partial charge in [0.25, 0.3) is 11.2 Å². The first kappa shape index (κ1) is 18.7. The van der Waals surface area contributed by atoms with Crippen LogP contribution in [-0.2, 0) is 12.7 Å². The Morgan fingerprint density at radius 2 is 1.96 bits per heavy atom. The number of aryl methyl sites for hydroxylation is 1. The molecule has 0 N–H and O–H groups in total. The highest BCUT2D eigenvalue weighted by atomic mass is 35.5. The molecule has 0 bridgehead atoms. The number of alkyl halides is 3. The molecule has 1 heterocycles. The van der Waals surface area contributed by atoms with Gasteiger partial charge in [-0.15, -0.1) is 0 Å². The van der Waals surface area contributed by atoms with Crippen LogP contribution in [0.2, 0.25) is 5.02 Å². The lowest BCUT2D eigenvalue weighted by Crippen LogP contribution is -2.26. The maximum Gasteiger partial charge on any atom is 0.417 e. The molecule has 0 aliphatic rings. The largest absolute Gasteiger partial charge is 0.417 e. The van der Waals surface area contributed by atoms with Gasteiger partial charge in [0.05, 0.1) is 17.0 Å². The third-order valence-corrected chi connectivity index (χ3v) is 3.68. The number of hydrogen-bond donors (Lipinski definition) is 0. The van der Waals surface area contributed by atoms with Gasteiger partial charge in [0.15, 0.2) is 5.78 Å². The molecule has 0 saturated heterocycles. The van der Waals surface area contributed by atoms with Gasteiger partial charge in [-0.2, -0.15) is 13.2 Å². The molecule has 0 radical (unpaired) electrons. The van der Waals surface area contributed by atoms with Crippen molar-refractivity contribution in [3.8, 4) is 0 Å². The predicted octanol–water partition coefficient (Wildman–Crippen LogP) is 3.62. The van der Waals surface area contributed by atoms with E-state index >= 15 is 0 Å². The molecule has 10 heteroatoms. The Balaban J connectivity index is 2.42. The summed E-state index contributed by atoms with van der Waals surface area (Å²) >= 11 is 5.51. The molecule has 132 valence electrons. The molecule has 2 rings (SSSR count). The van der Waals surface area contributed by atoms with Crippen LogP contribution >= 0.6 is 11.6 Å². The lowest BCUT2D eigenvalue weighted by atomic mass is 10.1. The Kier molecular flexibility index (Phi) is 4.98. The van der Waals surface area contributed by atoms with E-state index < -0.39 is 39.6 Å². The topological polar surface area (TPSA) is 82.2 Å². The summed E-state index contributed by atoms with van der Waals surface area (Å²) in [6.45, 7) is 0.742. The number of nitrogens with zero attached hydrogens (tertiary/aromatic N) is 2. The van der Waals surface area contributed by atoms with Crippen molar-refractivity contribution in [2.45, 2.75) is 19.6 Å². The van der Waals surface area contributed by atoms with Crippen molar-refractivity contribution in [2.24, 2.45) is 0 Å². The van der Waals surface area contributed by atoms with Crippen molar-refractivity contribution in [1.29, 1.82) is 0 Å². The predicted molar refractivity (Wildman–Crippen MR) is 82.9 cm³/mol. The van der Waals surface area contributed by atoms with Gasteiger partial charge in [0.2, 0.25) is 0 Å². The lowest BCUT2D eigenvalue weighted by Gasteiger charge is -2.11. The van der Waals surface area contributed by atoms with Gasteiger partial charge in [0.1, 0.15) is 5.02 Å². The minimum absolute atomic E-state index is 0.0993. The maximum absolute atomic E-state index is 12.8. The third kappa shape index (κ3) is 4.05. The highest BCUT2D eigenvalue weighted by Crippen LogP contribution is 2.29. The molecular weight excluding hydrogens is 365 g/mol. The number of aromatic nitrogens is 1. The van der Waals surface area contributed by atoms with E-state index in [1.165, 1.54) is 19.1 Å². The number of ketones is 1. The summed E-state index contributed by atoms with van der Waals surface area (Å²) in [6.07, 6.45) is -4.26. The zero-order valence-electron chi connectivity index (χ0n) is 12.6. The van der Waals surface area contributed by atoms with Crippen molar-refractivity contribution in [3.63, 3.8) is 0 Å². The van der Waals surface area contributed by atoms with E-state index in [1.54, 1.807) is 0 Å². The molecule has 2 aromatic rings. The monoisotopic (exact) mass is 374 g/mol. The van der Waals surface area contributed by atoms with Gasteiger partial charge < -0.3 is 4.57 Å². The Hall–Kier alpha value is -2.68. The fourth-order valence-corrected chi connectivity index (χ4v) is 2.32. The number of halogens is 4. The normalized spacial score (nSPS) is 11.4. The summed E-state index contributed by atoms with van der Waals surface area (Å²) in [7, 11) is 0. The van der Waals surface area contributed by atoms with E-state index in [9.17, 15) is 32.9 Å². The molecule has 6 nitrogen and oxygen atoms in total. The number of nitro benzene ring substituents is 1. The number of rotatable bonds is 4. The lowest BCUT2D eigenvalue weighted by molar-refractivity contribution is -0.385. The Labute approximate surface area is 143 Å². The van der Waals surface area contributed by atoms with Crippen LogP contribution in [0.25, 0.3) is 0 Å². The Morgan fingerprint density at radius 1 is 1.32 bits per heavy atom. The number of carbonyl (C=O) groups is 1. The van der Waals surface area contributed by atoms with Gasteiger partial charge >= 0.3 is 6.18 Å². The van der Waals surface area contributed by atoms with Gasteiger partial charge in [0, 0.05) is 23.4 Å². The fraction of sp³-hybridized carbons (Fsp3) is 0.200. The van der Waals surface area contributed by atoms with Crippen LogP contribution in [-0.4, -0.2) is 15.3 Å². The molecule has 0 aliphatic carbocycles. The summed E-state index contributed by atoms with van der Waals surface area (Å²) < 4.78 is 38.9. The molecule has 0 atom stereocenters. The van der Waals surface area contributed by atoms with E-state index in [2.05, 4.69) is 0 Å². The second-order valence-corrected chi connectivity index (χ2v) is 5.60. The van der Waals surface area contributed by atoms with Crippen LogP contribution in [0.15, 0.2) is 35.3 Å². The van der Waals surface area contributed by atoms with Crippen LogP contribution in [0.3, 0.4) is 0 Å². The van der Waals surface area contributed by atoms with Crippen molar-refractivity contribution >= 4 is 23.1 Å². The summed E-state index contributed by atoms with van der Waals surface area (Å²) in [4.78, 5) is 34.3. The Bertz CT molecular complexity index is 922. The van der Waals surface area contributed by atoms with Crippen molar-refractivity contribution in [3.05, 3.63) is 72.6 Å². The highest BCUT2D eigenvalue weighted by molar-refractivity contribution is 6.30. The van der Waals surface area contributed by atoms with Crippen molar-refractivity contribution < 1.29 is 22.9 Å². The molecule has 1 aromatic heterocycles. The minimum atomic E-state index is -4.75. The zero-order valence-corrected chi connectivity index (χ0v) is 13.4. The number of Topliss-reactive ketones (excluding diaryl/α,β-unsaturated/α-hetero) is 1. The Morgan fingerprint density at radius 3 is 2.52 bits per heavy atom. The number of hydrogen-bond acceptors (Lipinski definition) is 4. The summed E-state index contributed by atoms with van der Waals surface area (Å²) in [5.41, 5.74) is -2.23. The van der Waals surface area contributed by atoms with Gasteiger partial charge in [-0.3, -0.25) is 19.7 Å². The number of benzene rings is 1. The highest BCUT2D eigenvalue weighted by Gasteiger charge is 2.32. The van der Waals surface area contributed by atoms with E-state index in [-0.39, 0.29) is 11.3 Å². The number of pyridine rings is 1. The summed E-state index contributed by atoms with van der Waals surface area (Å²) in [5, 5.41) is 10.2. The number of carbonyl (C=O) groups excluding carboxylic acids is 1. The standard InChI is InChI=1S/C15H10ClF3N2O4/c1-8-2-3-9(4-12(8)21(24)25)13(22)7-20-6-10(15(17,18)19)5-11(16)14(20)23/h2-6H,7H2,1H3. The molecule has 0 fully saturated rings. The maximum atomic E-state index is 12.8. The van der Waals surface area contributed by atoms with Gasteiger partial charge in [-0.1, -0.05) is 23.7 Å². The van der Waals surface area contributed by atoms with Crippen LogP contribution in [0.4, 0.5) is 18.9 Å². The molecule has 0 aliphatic heterocycles. The summed E-state index contributed by atoms with van der Waals surface area (Å²) in [6, 6.07) is 4.12. The molecule has 0 amide bonds. The van der Waals surface area contributed by atoms with Crippen molar-refractivity contribution in [1.82, 2.24) is 4.57 Å².